The van der Waals surface area contributed by atoms with E-state index in [0.717, 1.165) is 5.56 Å². The second-order valence-corrected chi connectivity index (χ2v) is 4.55. The zero-order chi connectivity index (χ0) is 13.1. The minimum Gasteiger partial charge on any atom is -0.334 e. The summed E-state index contributed by atoms with van der Waals surface area (Å²) in [6.07, 6.45) is 2.28. The number of hydrogen-bond donors (Lipinski definition) is 1. The molecule has 4 nitrogen and oxygen atoms in total. The largest absolute Gasteiger partial charge is 0.338 e. The summed E-state index contributed by atoms with van der Waals surface area (Å²) < 4.78 is 13.2. The Bertz CT molecular complexity index is 473. The summed E-state index contributed by atoms with van der Waals surface area (Å²) in [7, 11) is 0. The molecule has 18 heavy (non-hydrogen) atoms. The Kier molecular flexibility index (Phi) is 3.60. The molecule has 1 aliphatic rings. The number of urea groups is 1. The van der Waals surface area contributed by atoms with Crippen LogP contribution in [0.1, 0.15) is 31.9 Å². The van der Waals surface area contributed by atoms with E-state index in [9.17, 15) is 9.18 Å². The van der Waals surface area contributed by atoms with Crippen LogP contribution in [-0.4, -0.2) is 23.3 Å². The number of carbonyl (C=O) groups excluding carboxylic acids is 1. The Labute approximate surface area is 105 Å². The third-order valence-electron chi connectivity index (χ3n) is 2.68. The molecule has 0 radical (unpaired) electrons. The van der Waals surface area contributed by atoms with Gasteiger partial charge in [-0.3, -0.25) is 0 Å². The summed E-state index contributed by atoms with van der Waals surface area (Å²) in [5.41, 5.74) is 0.756. The van der Waals surface area contributed by atoms with Crippen LogP contribution >= 0.6 is 0 Å². The Morgan fingerprint density at radius 1 is 1.56 bits per heavy atom. The molecule has 0 saturated heterocycles. The van der Waals surface area contributed by atoms with Crippen molar-refractivity contribution in [2.24, 2.45) is 5.10 Å². The average Bonchev–Trinajstić information content (AvgIpc) is 2.76. The molecule has 0 aliphatic carbocycles. The Morgan fingerprint density at radius 3 is 3.00 bits per heavy atom. The van der Waals surface area contributed by atoms with Gasteiger partial charge in [-0.05, 0) is 31.5 Å². The fourth-order valence-electron chi connectivity index (χ4n) is 1.91. The van der Waals surface area contributed by atoms with Gasteiger partial charge < -0.3 is 5.32 Å². The minimum atomic E-state index is -0.302. The van der Waals surface area contributed by atoms with Crippen molar-refractivity contribution in [2.75, 3.05) is 0 Å². The molecule has 1 N–H and O–H groups in total. The number of amides is 2. The molecule has 0 fully saturated rings. The minimum absolute atomic E-state index is 0.0430. The summed E-state index contributed by atoms with van der Waals surface area (Å²) in [4.78, 5) is 11.9. The lowest BCUT2D eigenvalue weighted by Crippen LogP contribution is -2.40. The van der Waals surface area contributed by atoms with Crippen LogP contribution in [0.5, 0.6) is 0 Å². The first kappa shape index (κ1) is 12.5. The molecule has 96 valence electrons. The molecule has 1 aromatic rings. The zero-order valence-electron chi connectivity index (χ0n) is 10.4. The third-order valence-corrected chi connectivity index (χ3v) is 2.68. The maximum Gasteiger partial charge on any atom is 0.338 e. The van der Waals surface area contributed by atoms with E-state index in [1.54, 1.807) is 18.3 Å². The second kappa shape index (κ2) is 5.16. The van der Waals surface area contributed by atoms with Crippen LogP contribution in [0, 0.1) is 5.82 Å². The number of carbonyl (C=O) groups is 1. The van der Waals surface area contributed by atoms with Gasteiger partial charge in [-0.1, -0.05) is 12.1 Å². The highest BCUT2D eigenvalue weighted by Gasteiger charge is 2.28. The standard InChI is InChI=1S/C13H16FN3O/c1-9(2)16-13(18)17-12(6-7-15-17)10-4-3-5-11(14)8-10/h3-5,7-9,12H,6H2,1-2H3,(H,16,18). The Morgan fingerprint density at radius 2 is 2.33 bits per heavy atom. The molecule has 1 heterocycles. The number of nitrogens with zero attached hydrogens (tertiary/aromatic N) is 2. The van der Waals surface area contributed by atoms with Crippen LogP contribution in [0.25, 0.3) is 0 Å². The maximum absolute atomic E-state index is 13.2. The molecule has 1 aliphatic heterocycles. The molecular weight excluding hydrogens is 233 g/mol. The highest BCUT2D eigenvalue weighted by molar-refractivity contribution is 5.78. The van der Waals surface area contributed by atoms with Crippen molar-refractivity contribution in [3.05, 3.63) is 35.6 Å². The number of hydrazone groups is 1. The van der Waals surface area contributed by atoms with Crippen molar-refractivity contribution >= 4 is 12.2 Å². The van der Waals surface area contributed by atoms with Crippen LogP contribution < -0.4 is 5.32 Å². The van der Waals surface area contributed by atoms with Crippen LogP contribution in [0.2, 0.25) is 0 Å². The van der Waals surface area contributed by atoms with E-state index in [4.69, 9.17) is 0 Å². The summed E-state index contributed by atoms with van der Waals surface area (Å²) in [6, 6.07) is 5.83. The molecule has 2 amide bonds. The topological polar surface area (TPSA) is 44.7 Å². The first-order chi connectivity index (χ1) is 8.58. The normalized spacial score (nSPS) is 18.4. The zero-order valence-corrected chi connectivity index (χ0v) is 10.4. The van der Waals surface area contributed by atoms with Gasteiger partial charge in [0, 0.05) is 18.7 Å². The van der Waals surface area contributed by atoms with E-state index in [0.29, 0.717) is 6.42 Å². The number of nitrogens with one attached hydrogen (secondary N) is 1. The smallest absolute Gasteiger partial charge is 0.334 e. The second-order valence-electron chi connectivity index (χ2n) is 4.55. The monoisotopic (exact) mass is 249 g/mol. The molecule has 2 rings (SSSR count). The first-order valence-corrected chi connectivity index (χ1v) is 5.95. The van der Waals surface area contributed by atoms with E-state index >= 15 is 0 Å². The molecule has 1 atom stereocenters. The molecule has 0 aromatic heterocycles. The predicted molar refractivity (Wildman–Crippen MR) is 67.8 cm³/mol. The maximum atomic E-state index is 13.2. The van der Waals surface area contributed by atoms with Gasteiger partial charge in [-0.2, -0.15) is 5.10 Å². The van der Waals surface area contributed by atoms with Crippen molar-refractivity contribution in [3.8, 4) is 0 Å². The van der Waals surface area contributed by atoms with E-state index in [1.165, 1.54) is 17.1 Å². The summed E-state index contributed by atoms with van der Waals surface area (Å²) in [5, 5.41) is 8.20. The van der Waals surface area contributed by atoms with Gasteiger partial charge >= 0.3 is 6.03 Å². The van der Waals surface area contributed by atoms with Crippen molar-refractivity contribution in [2.45, 2.75) is 32.4 Å². The number of benzene rings is 1. The van der Waals surface area contributed by atoms with Crippen LogP contribution in [0.4, 0.5) is 9.18 Å². The van der Waals surface area contributed by atoms with Crippen molar-refractivity contribution in [3.63, 3.8) is 0 Å². The van der Waals surface area contributed by atoms with E-state index in [-0.39, 0.29) is 23.9 Å². The lowest BCUT2D eigenvalue weighted by Gasteiger charge is -2.23. The first-order valence-electron chi connectivity index (χ1n) is 5.95. The molecular formula is C13H16FN3O. The number of rotatable bonds is 2. The fourth-order valence-corrected chi connectivity index (χ4v) is 1.91. The van der Waals surface area contributed by atoms with E-state index in [1.807, 2.05) is 13.8 Å². The molecule has 0 spiro atoms. The molecule has 1 unspecified atom stereocenters. The highest BCUT2D eigenvalue weighted by atomic mass is 19.1. The van der Waals surface area contributed by atoms with Gasteiger partial charge in [0.15, 0.2) is 0 Å². The average molecular weight is 249 g/mol. The van der Waals surface area contributed by atoms with Crippen molar-refractivity contribution in [1.82, 2.24) is 10.3 Å². The van der Waals surface area contributed by atoms with Gasteiger partial charge in [0.1, 0.15) is 5.82 Å². The molecule has 0 saturated carbocycles. The fraction of sp³-hybridized carbons (Fsp3) is 0.385. The van der Waals surface area contributed by atoms with Gasteiger partial charge in [0.2, 0.25) is 0 Å². The number of halogens is 1. The van der Waals surface area contributed by atoms with Gasteiger partial charge in [-0.15, -0.1) is 0 Å². The van der Waals surface area contributed by atoms with E-state index in [2.05, 4.69) is 10.4 Å². The highest BCUT2D eigenvalue weighted by Crippen LogP contribution is 2.28. The predicted octanol–water partition coefficient (Wildman–Crippen LogP) is 2.68. The SMILES string of the molecule is CC(C)NC(=O)N1N=CCC1c1cccc(F)c1. The molecule has 1 aromatic carbocycles. The lowest BCUT2D eigenvalue weighted by molar-refractivity contribution is 0.183. The summed E-state index contributed by atoms with van der Waals surface area (Å²) in [5.74, 6) is -0.302. The molecule has 0 bridgehead atoms. The Balaban J connectivity index is 2.16. The molecule has 5 heteroatoms. The van der Waals surface area contributed by atoms with Crippen molar-refractivity contribution < 1.29 is 9.18 Å². The van der Waals surface area contributed by atoms with Gasteiger partial charge in [0.25, 0.3) is 0 Å². The van der Waals surface area contributed by atoms with Crippen molar-refractivity contribution in [1.29, 1.82) is 0 Å². The van der Waals surface area contributed by atoms with Crippen LogP contribution in [-0.2, 0) is 0 Å². The lowest BCUT2D eigenvalue weighted by atomic mass is 10.0. The van der Waals surface area contributed by atoms with Gasteiger partial charge in [-0.25, -0.2) is 14.2 Å². The van der Waals surface area contributed by atoms with Crippen LogP contribution in [0.15, 0.2) is 29.4 Å². The Hall–Kier alpha value is -1.91. The number of hydrogen-bond acceptors (Lipinski definition) is 2. The van der Waals surface area contributed by atoms with Gasteiger partial charge in [0.05, 0.1) is 6.04 Å². The summed E-state index contributed by atoms with van der Waals surface area (Å²) >= 11 is 0. The van der Waals surface area contributed by atoms with E-state index < -0.39 is 0 Å². The summed E-state index contributed by atoms with van der Waals surface area (Å²) in [6.45, 7) is 3.77. The van der Waals surface area contributed by atoms with Crippen LogP contribution in [0.3, 0.4) is 0 Å². The third kappa shape index (κ3) is 2.67. The quantitative estimate of drug-likeness (QED) is 0.860.